The van der Waals surface area contributed by atoms with E-state index in [0.29, 0.717) is 11.5 Å². The minimum Gasteiger partial charge on any atom is -0.313 e. The highest BCUT2D eigenvalue weighted by molar-refractivity contribution is 5.39. The molecule has 3 atom stereocenters. The van der Waals surface area contributed by atoms with Crippen molar-refractivity contribution >= 4 is 0 Å². The Morgan fingerprint density at radius 1 is 1.33 bits per heavy atom. The lowest BCUT2D eigenvalue weighted by Gasteiger charge is -2.50. The van der Waals surface area contributed by atoms with E-state index < -0.39 is 0 Å². The first-order chi connectivity index (χ1) is 7.22. The molecular formula is C14H19N. The molecule has 1 nitrogen and oxygen atoms in total. The summed E-state index contributed by atoms with van der Waals surface area (Å²) in [7, 11) is 0. The molecular weight excluding hydrogens is 182 g/mol. The van der Waals surface area contributed by atoms with Crippen molar-refractivity contribution in [3.8, 4) is 0 Å². The van der Waals surface area contributed by atoms with Crippen molar-refractivity contribution in [3.63, 3.8) is 0 Å². The summed E-state index contributed by atoms with van der Waals surface area (Å²) in [6.07, 6.45) is 2.49. The molecule has 1 heteroatoms. The van der Waals surface area contributed by atoms with Crippen LogP contribution < -0.4 is 5.32 Å². The number of rotatable bonds is 0. The van der Waals surface area contributed by atoms with Crippen LogP contribution in [-0.2, 0) is 11.8 Å². The third kappa shape index (κ3) is 1.19. The Bertz CT molecular complexity index is 385. The van der Waals surface area contributed by atoms with Gasteiger partial charge in [-0.2, -0.15) is 0 Å². The molecule has 0 aromatic heterocycles. The van der Waals surface area contributed by atoms with Gasteiger partial charge in [-0.1, -0.05) is 38.1 Å². The maximum Gasteiger partial charge on any atom is 0.0142 e. The van der Waals surface area contributed by atoms with E-state index in [0.717, 1.165) is 5.92 Å². The van der Waals surface area contributed by atoms with Crippen molar-refractivity contribution in [2.45, 2.75) is 38.1 Å². The van der Waals surface area contributed by atoms with Crippen molar-refractivity contribution in [2.75, 3.05) is 6.54 Å². The normalized spacial score (nSPS) is 38.5. The molecule has 0 saturated carbocycles. The molecule has 3 rings (SSSR count). The summed E-state index contributed by atoms with van der Waals surface area (Å²) in [6, 6.07) is 9.71. The van der Waals surface area contributed by atoms with Gasteiger partial charge in [0.15, 0.2) is 0 Å². The Balaban J connectivity index is 2.17. The van der Waals surface area contributed by atoms with Crippen LogP contribution in [0.3, 0.4) is 0 Å². The Morgan fingerprint density at radius 2 is 2.13 bits per heavy atom. The van der Waals surface area contributed by atoms with Crippen LogP contribution in [-0.4, -0.2) is 12.6 Å². The molecule has 0 unspecified atom stereocenters. The number of benzene rings is 1. The van der Waals surface area contributed by atoms with Gasteiger partial charge >= 0.3 is 0 Å². The molecule has 1 aromatic carbocycles. The van der Waals surface area contributed by atoms with Crippen LogP contribution >= 0.6 is 0 Å². The third-order valence-corrected chi connectivity index (χ3v) is 4.73. The summed E-state index contributed by atoms with van der Waals surface area (Å²) in [4.78, 5) is 0. The molecule has 15 heavy (non-hydrogen) atoms. The minimum absolute atomic E-state index is 0.408. The molecule has 0 amide bonds. The molecule has 1 heterocycles. The SMILES string of the molecule is C[C@@H]1[C@@H]2Cc3ccccc3[C@@]1(C)CCN2. The maximum absolute atomic E-state index is 3.67. The lowest BCUT2D eigenvalue weighted by Crippen LogP contribution is -2.56. The zero-order valence-electron chi connectivity index (χ0n) is 9.59. The molecule has 2 bridgehead atoms. The molecule has 0 spiro atoms. The molecule has 80 valence electrons. The van der Waals surface area contributed by atoms with Gasteiger partial charge in [-0.15, -0.1) is 0 Å². The average Bonchev–Trinajstić information content (AvgIpc) is 2.23. The summed E-state index contributed by atoms with van der Waals surface area (Å²) in [5, 5.41) is 3.67. The highest BCUT2D eigenvalue weighted by Gasteiger charge is 2.44. The fraction of sp³-hybridized carbons (Fsp3) is 0.571. The summed E-state index contributed by atoms with van der Waals surface area (Å²) >= 11 is 0. The molecule has 0 radical (unpaired) electrons. The second-order valence-corrected chi connectivity index (χ2v) is 5.38. The van der Waals surface area contributed by atoms with E-state index in [1.54, 1.807) is 11.1 Å². The van der Waals surface area contributed by atoms with E-state index in [1.807, 2.05) is 0 Å². The third-order valence-electron chi connectivity index (χ3n) is 4.73. The van der Waals surface area contributed by atoms with Gasteiger partial charge in [-0.05, 0) is 41.8 Å². The smallest absolute Gasteiger partial charge is 0.0142 e. The van der Waals surface area contributed by atoms with Gasteiger partial charge in [-0.3, -0.25) is 0 Å². The minimum atomic E-state index is 0.408. The molecule has 2 aliphatic rings. The Kier molecular flexibility index (Phi) is 1.93. The number of nitrogens with one attached hydrogen (secondary N) is 1. The average molecular weight is 201 g/mol. The summed E-state index contributed by atoms with van der Waals surface area (Å²) < 4.78 is 0. The molecule has 1 saturated heterocycles. The number of fused-ring (bicyclic) bond motifs is 4. The van der Waals surface area contributed by atoms with Crippen LogP contribution in [0.15, 0.2) is 24.3 Å². The Morgan fingerprint density at radius 3 is 3.00 bits per heavy atom. The topological polar surface area (TPSA) is 12.0 Å². The van der Waals surface area contributed by atoms with Crippen molar-refractivity contribution < 1.29 is 0 Å². The van der Waals surface area contributed by atoms with Gasteiger partial charge in [0.1, 0.15) is 0 Å². The Hall–Kier alpha value is -0.820. The predicted octanol–water partition coefficient (Wildman–Crippen LogP) is 2.50. The van der Waals surface area contributed by atoms with E-state index in [1.165, 1.54) is 19.4 Å². The zero-order chi connectivity index (χ0) is 10.5. The first-order valence-corrected chi connectivity index (χ1v) is 6.03. The van der Waals surface area contributed by atoms with E-state index in [4.69, 9.17) is 0 Å². The largest absolute Gasteiger partial charge is 0.313 e. The molecule has 1 aliphatic carbocycles. The zero-order valence-corrected chi connectivity index (χ0v) is 9.59. The van der Waals surface area contributed by atoms with Crippen molar-refractivity contribution in [1.82, 2.24) is 5.32 Å². The van der Waals surface area contributed by atoms with Crippen LogP contribution in [0.4, 0.5) is 0 Å². The van der Waals surface area contributed by atoms with Crippen molar-refractivity contribution in [1.29, 1.82) is 0 Å². The molecule has 1 aliphatic heterocycles. The van der Waals surface area contributed by atoms with Crippen LogP contribution in [0.5, 0.6) is 0 Å². The first-order valence-electron chi connectivity index (χ1n) is 6.03. The quantitative estimate of drug-likeness (QED) is 0.680. The molecule has 1 aromatic rings. The summed E-state index contributed by atoms with van der Waals surface area (Å²) in [5.74, 6) is 0.765. The highest BCUT2D eigenvalue weighted by atomic mass is 14.9. The second kappa shape index (κ2) is 3.08. The fourth-order valence-electron chi connectivity index (χ4n) is 3.49. The van der Waals surface area contributed by atoms with Gasteiger partial charge < -0.3 is 5.32 Å². The maximum atomic E-state index is 3.67. The van der Waals surface area contributed by atoms with E-state index >= 15 is 0 Å². The van der Waals surface area contributed by atoms with Gasteiger partial charge in [0.2, 0.25) is 0 Å². The highest BCUT2D eigenvalue weighted by Crippen LogP contribution is 2.45. The predicted molar refractivity (Wildman–Crippen MR) is 63.1 cm³/mol. The standard InChI is InChI=1S/C14H19N/c1-10-13-9-11-5-3-4-6-12(11)14(10,2)7-8-15-13/h3-6,10,13,15H,7-9H2,1-2H3/t10-,13+,14+/m1/s1. The number of hydrogen-bond donors (Lipinski definition) is 1. The summed E-state index contributed by atoms with van der Waals surface area (Å²) in [5.41, 5.74) is 3.58. The van der Waals surface area contributed by atoms with E-state index in [2.05, 4.69) is 43.4 Å². The van der Waals surface area contributed by atoms with E-state index in [9.17, 15) is 0 Å². The van der Waals surface area contributed by atoms with Crippen LogP contribution in [0.25, 0.3) is 0 Å². The monoisotopic (exact) mass is 201 g/mol. The second-order valence-electron chi connectivity index (χ2n) is 5.38. The molecule has 1 fully saturated rings. The van der Waals surface area contributed by atoms with Gasteiger partial charge in [0, 0.05) is 6.04 Å². The first kappa shape index (κ1) is 9.41. The lowest BCUT2D eigenvalue weighted by molar-refractivity contribution is 0.158. The molecule has 1 N–H and O–H groups in total. The van der Waals surface area contributed by atoms with E-state index in [-0.39, 0.29) is 0 Å². The van der Waals surface area contributed by atoms with Crippen LogP contribution in [0, 0.1) is 5.92 Å². The number of hydrogen-bond acceptors (Lipinski definition) is 1. The lowest BCUT2D eigenvalue weighted by atomic mass is 9.60. The number of piperidine rings is 1. The Labute approximate surface area is 91.9 Å². The van der Waals surface area contributed by atoms with Crippen LogP contribution in [0.1, 0.15) is 31.4 Å². The summed E-state index contributed by atoms with van der Waals surface area (Å²) in [6.45, 7) is 6.04. The van der Waals surface area contributed by atoms with Gasteiger partial charge in [-0.25, -0.2) is 0 Å². The fourth-order valence-corrected chi connectivity index (χ4v) is 3.49. The van der Waals surface area contributed by atoms with Gasteiger partial charge in [0.25, 0.3) is 0 Å². The van der Waals surface area contributed by atoms with Gasteiger partial charge in [0.05, 0.1) is 0 Å². The van der Waals surface area contributed by atoms with Crippen molar-refractivity contribution in [2.24, 2.45) is 5.92 Å². The van der Waals surface area contributed by atoms with Crippen LogP contribution in [0.2, 0.25) is 0 Å². The van der Waals surface area contributed by atoms with Crippen molar-refractivity contribution in [3.05, 3.63) is 35.4 Å².